The average Bonchev–Trinajstić information content (AvgIpc) is 3.13. The van der Waals surface area contributed by atoms with Crippen LogP contribution in [0.4, 0.5) is 10.1 Å². The third kappa shape index (κ3) is 3.78. The molecule has 4 N–H and O–H groups in total. The molecule has 6 heteroatoms. The molecule has 3 aromatic rings. The third-order valence-corrected chi connectivity index (χ3v) is 5.81. The van der Waals surface area contributed by atoms with E-state index in [1.54, 1.807) is 18.3 Å². The van der Waals surface area contributed by atoms with Gasteiger partial charge in [0.25, 0.3) is 0 Å². The van der Waals surface area contributed by atoms with Gasteiger partial charge in [0.05, 0.1) is 5.69 Å². The maximum atomic E-state index is 13.5. The molecule has 0 spiro atoms. The number of halogens is 1. The number of nitrogens with two attached hydrogens (primary N) is 1. The molecule has 0 bridgehead atoms. The summed E-state index contributed by atoms with van der Waals surface area (Å²) in [7, 11) is 0. The smallest absolute Gasteiger partial charge is 0.227 e. The van der Waals surface area contributed by atoms with Crippen molar-refractivity contribution in [3.63, 3.8) is 0 Å². The second-order valence-electron chi connectivity index (χ2n) is 7.77. The van der Waals surface area contributed by atoms with E-state index < -0.39 is 0 Å². The first-order valence-corrected chi connectivity index (χ1v) is 9.81. The fraction of sp³-hybridized carbons (Fsp3) is 0.364. The summed E-state index contributed by atoms with van der Waals surface area (Å²) in [6.45, 7) is 2.04. The highest BCUT2D eigenvalue weighted by atomic mass is 19.1. The van der Waals surface area contributed by atoms with Crippen molar-refractivity contribution < 1.29 is 9.18 Å². The van der Waals surface area contributed by atoms with E-state index in [1.807, 2.05) is 19.1 Å². The van der Waals surface area contributed by atoms with Crippen LogP contribution in [-0.4, -0.2) is 21.9 Å². The molecule has 1 fully saturated rings. The number of rotatable bonds is 4. The van der Waals surface area contributed by atoms with Gasteiger partial charge in [-0.1, -0.05) is 12.1 Å². The van der Waals surface area contributed by atoms with Gasteiger partial charge in [0, 0.05) is 34.8 Å². The van der Waals surface area contributed by atoms with Crippen LogP contribution in [-0.2, 0) is 4.79 Å². The number of carbonyl (C=O) groups is 1. The second kappa shape index (κ2) is 7.72. The van der Waals surface area contributed by atoms with Crippen LogP contribution in [0.1, 0.15) is 32.6 Å². The van der Waals surface area contributed by atoms with E-state index in [-0.39, 0.29) is 23.7 Å². The first-order valence-electron chi connectivity index (χ1n) is 9.81. The summed E-state index contributed by atoms with van der Waals surface area (Å²) >= 11 is 0. The molecule has 0 unspecified atom stereocenters. The number of aromatic amines is 1. The SMILES string of the molecule is C[C@@H](N)C1CCC(C(=O)Nc2ccnc3[nH]c(-c4cccc(F)c4)cc23)CC1. The van der Waals surface area contributed by atoms with Crippen LogP contribution in [0.2, 0.25) is 0 Å². The predicted octanol–water partition coefficient (Wildman–Crippen LogP) is 4.46. The summed E-state index contributed by atoms with van der Waals surface area (Å²) in [5, 5.41) is 3.89. The van der Waals surface area contributed by atoms with Crippen molar-refractivity contribution in [1.29, 1.82) is 0 Å². The molecule has 4 rings (SSSR count). The normalized spacial score (nSPS) is 20.8. The van der Waals surface area contributed by atoms with Crippen LogP contribution in [0.3, 0.4) is 0 Å². The number of hydrogen-bond donors (Lipinski definition) is 3. The third-order valence-electron chi connectivity index (χ3n) is 5.81. The van der Waals surface area contributed by atoms with Gasteiger partial charge in [-0.25, -0.2) is 9.37 Å². The van der Waals surface area contributed by atoms with Crippen LogP contribution < -0.4 is 11.1 Å². The van der Waals surface area contributed by atoms with Crippen LogP contribution in [0.25, 0.3) is 22.3 Å². The van der Waals surface area contributed by atoms with Crippen molar-refractivity contribution in [2.24, 2.45) is 17.6 Å². The van der Waals surface area contributed by atoms with Crippen molar-refractivity contribution >= 4 is 22.6 Å². The van der Waals surface area contributed by atoms with Gasteiger partial charge in [-0.2, -0.15) is 0 Å². The fourth-order valence-corrected chi connectivity index (χ4v) is 4.09. The minimum Gasteiger partial charge on any atom is -0.339 e. The van der Waals surface area contributed by atoms with Crippen molar-refractivity contribution in [2.75, 3.05) is 5.32 Å². The molecule has 1 aromatic carbocycles. The van der Waals surface area contributed by atoms with Crippen LogP contribution in [0.15, 0.2) is 42.6 Å². The van der Waals surface area contributed by atoms with Crippen LogP contribution >= 0.6 is 0 Å². The number of amides is 1. The Balaban J connectivity index is 1.54. The molecule has 0 aliphatic heterocycles. The molecule has 1 atom stereocenters. The maximum absolute atomic E-state index is 13.5. The zero-order valence-corrected chi connectivity index (χ0v) is 15.9. The number of fused-ring (bicyclic) bond motifs is 1. The number of anilines is 1. The monoisotopic (exact) mass is 380 g/mol. The molecule has 146 valence electrons. The molecule has 1 amide bonds. The van der Waals surface area contributed by atoms with E-state index in [0.717, 1.165) is 48.0 Å². The van der Waals surface area contributed by atoms with E-state index in [1.165, 1.54) is 12.1 Å². The number of hydrogen-bond acceptors (Lipinski definition) is 3. The first-order chi connectivity index (χ1) is 13.5. The van der Waals surface area contributed by atoms with Gasteiger partial charge in [-0.15, -0.1) is 0 Å². The summed E-state index contributed by atoms with van der Waals surface area (Å²) < 4.78 is 13.5. The van der Waals surface area contributed by atoms with Gasteiger partial charge in [-0.3, -0.25) is 4.79 Å². The number of benzene rings is 1. The summed E-state index contributed by atoms with van der Waals surface area (Å²) in [4.78, 5) is 20.3. The second-order valence-corrected chi connectivity index (χ2v) is 7.77. The Morgan fingerprint density at radius 3 is 2.75 bits per heavy atom. The van der Waals surface area contributed by atoms with Crippen molar-refractivity contribution in [2.45, 2.75) is 38.6 Å². The number of pyridine rings is 1. The average molecular weight is 380 g/mol. The fourth-order valence-electron chi connectivity index (χ4n) is 4.09. The lowest BCUT2D eigenvalue weighted by Gasteiger charge is -2.30. The van der Waals surface area contributed by atoms with Gasteiger partial charge in [-0.05, 0) is 62.8 Å². The molecule has 2 aromatic heterocycles. The Hall–Kier alpha value is -2.73. The number of aromatic nitrogens is 2. The quantitative estimate of drug-likeness (QED) is 0.625. The van der Waals surface area contributed by atoms with Gasteiger partial charge in [0.2, 0.25) is 5.91 Å². The van der Waals surface area contributed by atoms with Crippen LogP contribution in [0.5, 0.6) is 0 Å². The Labute approximate surface area is 163 Å². The standard InChI is InChI=1S/C22H25FN4O/c1-13(24)14-5-7-15(8-6-14)22(28)27-19-9-10-25-21-18(19)12-20(26-21)16-3-2-4-17(23)11-16/h2-4,9-15H,5-8,24H2,1H3,(H2,25,26,27,28)/t13-,14?,15?/m1/s1. The maximum Gasteiger partial charge on any atom is 0.227 e. The molecule has 1 aliphatic carbocycles. The Bertz CT molecular complexity index is 989. The zero-order chi connectivity index (χ0) is 19.7. The molecule has 2 heterocycles. The number of H-pyrrole nitrogens is 1. The van der Waals surface area contributed by atoms with Gasteiger partial charge in [0.1, 0.15) is 11.5 Å². The lowest BCUT2D eigenvalue weighted by molar-refractivity contribution is -0.121. The molecular formula is C22H25FN4O. The molecule has 0 saturated heterocycles. The highest BCUT2D eigenvalue weighted by Crippen LogP contribution is 2.32. The zero-order valence-electron chi connectivity index (χ0n) is 15.9. The highest BCUT2D eigenvalue weighted by molar-refractivity contribution is 6.02. The largest absolute Gasteiger partial charge is 0.339 e. The Morgan fingerprint density at radius 1 is 1.25 bits per heavy atom. The molecule has 5 nitrogen and oxygen atoms in total. The first kappa shape index (κ1) is 18.6. The van der Waals surface area contributed by atoms with Gasteiger partial charge >= 0.3 is 0 Å². The Kier molecular flexibility index (Phi) is 5.13. The van der Waals surface area contributed by atoms with Gasteiger partial charge < -0.3 is 16.0 Å². The van der Waals surface area contributed by atoms with E-state index in [4.69, 9.17) is 5.73 Å². The van der Waals surface area contributed by atoms with Crippen molar-refractivity contribution in [3.05, 3.63) is 48.4 Å². The summed E-state index contributed by atoms with van der Waals surface area (Å²) in [6, 6.07) is 10.3. The van der Waals surface area contributed by atoms with Crippen molar-refractivity contribution in [3.8, 4) is 11.3 Å². The van der Waals surface area contributed by atoms with Crippen LogP contribution in [0, 0.1) is 17.7 Å². The highest BCUT2D eigenvalue weighted by Gasteiger charge is 2.28. The van der Waals surface area contributed by atoms with E-state index in [9.17, 15) is 9.18 Å². The summed E-state index contributed by atoms with van der Waals surface area (Å²) in [5.41, 5.74) is 8.89. The number of nitrogens with one attached hydrogen (secondary N) is 2. The minimum atomic E-state index is -0.292. The lowest BCUT2D eigenvalue weighted by atomic mass is 9.79. The van der Waals surface area contributed by atoms with E-state index >= 15 is 0 Å². The summed E-state index contributed by atoms with van der Waals surface area (Å²) in [5.74, 6) is 0.277. The number of nitrogens with zero attached hydrogens (tertiary/aromatic N) is 1. The number of carbonyl (C=O) groups excluding carboxylic acids is 1. The lowest BCUT2D eigenvalue weighted by Crippen LogP contribution is -2.33. The minimum absolute atomic E-state index is 0.0137. The van der Waals surface area contributed by atoms with Gasteiger partial charge in [0.15, 0.2) is 0 Å². The predicted molar refractivity (Wildman–Crippen MR) is 109 cm³/mol. The van der Waals surface area contributed by atoms with E-state index in [0.29, 0.717) is 11.6 Å². The van der Waals surface area contributed by atoms with Crippen molar-refractivity contribution in [1.82, 2.24) is 9.97 Å². The molecule has 1 aliphatic rings. The Morgan fingerprint density at radius 2 is 2.04 bits per heavy atom. The molecule has 1 saturated carbocycles. The molecule has 0 radical (unpaired) electrons. The van der Waals surface area contributed by atoms with E-state index in [2.05, 4.69) is 15.3 Å². The topological polar surface area (TPSA) is 83.8 Å². The summed E-state index contributed by atoms with van der Waals surface area (Å²) in [6.07, 6.45) is 5.39. The molecule has 28 heavy (non-hydrogen) atoms. The molecular weight excluding hydrogens is 355 g/mol.